The molecule has 1 heterocycles. The van der Waals surface area contributed by atoms with E-state index in [1.54, 1.807) is 13.8 Å². The van der Waals surface area contributed by atoms with Gasteiger partial charge in [-0.25, -0.2) is 0 Å². The van der Waals surface area contributed by atoms with Crippen molar-refractivity contribution in [1.29, 1.82) is 0 Å². The fourth-order valence-electron chi connectivity index (χ4n) is 0.775. The molecule has 1 aromatic heterocycles. The van der Waals surface area contributed by atoms with Crippen molar-refractivity contribution in [3.63, 3.8) is 0 Å². The maximum absolute atomic E-state index is 10.5. The van der Waals surface area contributed by atoms with E-state index < -0.39 is 6.10 Å². The van der Waals surface area contributed by atoms with Gasteiger partial charge in [-0.3, -0.25) is 4.79 Å². The molecule has 0 saturated heterocycles. The molecule has 0 aliphatic carbocycles. The van der Waals surface area contributed by atoms with Crippen LogP contribution in [-0.2, 0) is 9.53 Å². The summed E-state index contributed by atoms with van der Waals surface area (Å²) in [7, 11) is 0. The number of rotatable bonds is 2. The van der Waals surface area contributed by atoms with Crippen molar-refractivity contribution < 1.29 is 13.9 Å². The molecule has 0 fully saturated rings. The van der Waals surface area contributed by atoms with Crippen molar-refractivity contribution in [2.45, 2.75) is 26.9 Å². The summed E-state index contributed by atoms with van der Waals surface area (Å²) in [5, 5.41) is 7.31. The molecule has 1 rings (SSSR count). The number of hydrogen-bond acceptors (Lipinski definition) is 5. The molecule has 12 heavy (non-hydrogen) atoms. The van der Waals surface area contributed by atoms with Gasteiger partial charge in [-0.2, -0.15) is 0 Å². The Morgan fingerprint density at radius 2 is 2.25 bits per heavy atom. The van der Waals surface area contributed by atoms with Gasteiger partial charge in [-0.15, -0.1) is 10.2 Å². The van der Waals surface area contributed by atoms with E-state index in [-0.39, 0.29) is 5.97 Å². The van der Waals surface area contributed by atoms with Gasteiger partial charge in [-0.1, -0.05) is 0 Å². The second kappa shape index (κ2) is 3.34. The summed E-state index contributed by atoms with van der Waals surface area (Å²) in [5.74, 6) is 0.421. The van der Waals surface area contributed by atoms with Gasteiger partial charge >= 0.3 is 5.97 Å². The average Bonchev–Trinajstić information content (AvgIpc) is 2.34. The van der Waals surface area contributed by atoms with Crippen molar-refractivity contribution in [2.24, 2.45) is 0 Å². The smallest absolute Gasteiger partial charge is 0.303 e. The first-order chi connectivity index (χ1) is 5.59. The van der Waals surface area contributed by atoms with E-state index in [4.69, 9.17) is 9.15 Å². The van der Waals surface area contributed by atoms with Crippen LogP contribution in [0.15, 0.2) is 4.42 Å². The van der Waals surface area contributed by atoms with Crippen molar-refractivity contribution in [1.82, 2.24) is 10.2 Å². The Labute approximate surface area is 69.7 Å². The quantitative estimate of drug-likeness (QED) is 0.619. The summed E-state index contributed by atoms with van der Waals surface area (Å²) in [6, 6.07) is 0. The zero-order valence-electron chi connectivity index (χ0n) is 7.20. The maximum Gasteiger partial charge on any atom is 0.303 e. The zero-order chi connectivity index (χ0) is 9.14. The van der Waals surface area contributed by atoms with Crippen LogP contribution in [0.5, 0.6) is 0 Å². The maximum atomic E-state index is 10.5. The van der Waals surface area contributed by atoms with Crippen molar-refractivity contribution >= 4 is 5.97 Å². The second-order valence-corrected chi connectivity index (χ2v) is 2.41. The standard InChI is InChI=1S/C7H10N2O3/c1-4(11-6(3)10)7-9-8-5(2)12-7/h4H,1-3H3. The van der Waals surface area contributed by atoms with E-state index in [9.17, 15) is 4.79 Å². The highest BCUT2D eigenvalue weighted by molar-refractivity contribution is 5.66. The van der Waals surface area contributed by atoms with Crippen molar-refractivity contribution in [2.75, 3.05) is 0 Å². The lowest BCUT2D eigenvalue weighted by Crippen LogP contribution is -2.04. The highest BCUT2D eigenvalue weighted by Gasteiger charge is 2.14. The summed E-state index contributed by atoms with van der Waals surface area (Å²) in [4.78, 5) is 10.5. The SMILES string of the molecule is CC(=O)OC(C)c1nnc(C)o1. The molecule has 0 N–H and O–H groups in total. The first-order valence-corrected chi connectivity index (χ1v) is 3.57. The molecule has 0 aromatic carbocycles. The molecular formula is C7H10N2O3. The third kappa shape index (κ3) is 2.05. The van der Waals surface area contributed by atoms with Gasteiger partial charge in [0, 0.05) is 13.8 Å². The van der Waals surface area contributed by atoms with Gasteiger partial charge in [-0.05, 0) is 6.92 Å². The number of carbonyl (C=O) groups excluding carboxylic acids is 1. The van der Waals surface area contributed by atoms with Crippen LogP contribution in [0.1, 0.15) is 31.7 Å². The monoisotopic (exact) mass is 170 g/mol. The van der Waals surface area contributed by atoms with Crippen LogP contribution in [0.4, 0.5) is 0 Å². The molecule has 1 atom stereocenters. The lowest BCUT2D eigenvalue weighted by molar-refractivity contribution is -0.146. The van der Waals surface area contributed by atoms with E-state index >= 15 is 0 Å². The summed E-state index contributed by atoms with van der Waals surface area (Å²) < 4.78 is 9.86. The van der Waals surface area contributed by atoms with Crippen LogP contribution in [-0.4, -0.2) is 16.2 Å². The van der Waals surface area contributed by atoms with E-state index in [0.717, 1.165) is 0 Å². The van der Waals surface area contributed by atoms with Gasteiger partial charge in [0.05, 0.1) is 0 Å². The van der Waals surface area contributed by atoms with Gasteiger partial charge < -0.3 is 9.15 Å². The molecule has 0 amide bonds. The molecule has 1 unspecified atom stereocenters. The molecular weight excluding hydrogens is 160 g/mol. The highest BCUT2D eigenvalue weighted by atomic mass is 16.6. The molecule has 0 spiro atoms. The minimum Gasteiger partial charge on any atom is -0.453 e. The number of carbonyl (C=O) groups is 1. The second-order valence-electron chi connectivity index (χ2n) is 2.41. The van der Waals surface area contributed by atoms with Crippen LogP contribution in [0.2, 0.25) is 0 Å². The molecule has 1 aromatic rings. The van der Waals surface area contributed by atoms with Crippen molar-refractivity contribution in [3.05, 3.63) is 11.8 Å². The topological polar surface area (TPSA) is 65.2 Å². The normalized spacial score (nSPS) is 12.6. The Bertz CT molecular complexity index is 282. The van der Waals surface area contributed by atoms with Crippen LogP contribution in [0.25, 0.3) is 0 Å². The van der Waals surface area contributed by atoms with Gasteiger partial charge in [0.25, 0.3) is 5.89 Å². The van der Waals surface area contributed by atoms with E-state index in [0.29, 0.717) is 11.8 Å². The molecule has 5 nitrogen and oxygen atoms in total. The predicted molar refractivity (Wildman–Crippen MR) is 39.2 cm³/mol. The van der Waals surface area contributed by atoms with E-state index in [1.165, 1.54) is 6.92 Å². The summed E-state index contributed by atoms with van der Waals surface area (Å²) in [6.07, 6.45) is -0.469. The Kier molecular flexibility index (Phi) is 2.42. The van der Waals surface area contributed by atoms with Crippen LogP contribution in [0, 0.1) is 6.92 Å². The van der Waals surface area contributed by atoms with Gasteiger partial charge in [0.1, 0.15) is 0 Å². The van der Waals surface area contributed by atoms with Gasteiger partial charge in [0.15, 0.2) is 6.10 Å². The summed E-state index contributed by atoms with van der Waals surface area (Å²) in [5.41, 5.74) is 0. The van der Waals surface area contributed by atoms with Crippen molar-refractivity contribution in [3.8, 4) is 0 Å². The third-order valence-electron chi connectivity index (χ3n) is 1.23. The molecule has 5 heteroatoms. The van der Waals surface area contributed by atoms with Crippen LogP contribution in [0.3, 0.4) is 0 Å². The minimum absolute atomic E-state index is 0.322. The molecule has 0 radical (unpaired) electrons. The Morgan fingerprint density at radius 1 is 1.58 bits per heavy atom. The summed E-state index contributed by atoms with van der Waals surface area (Å²) in [6.45, 7) is 4.69. The average molecular weight is 170 g/mol. The largest absolute Gasteiger partial charge is 0.453 e. The fraction of sp³-hybridized carbons (Fsp3) is 0.571. The van der Waals surface area contributed by atoms with E-state index in [2.05, 4.69) is 10.2 Å². The number of hydrogen-bond donors (Lipinski definition) is 0. The van der Waals surface area contributed by atoms with Crippen LogP contribution >= 0.6 is 0 Å². The number of nitrogens with zero attached hydrogens (tertiary/aromatic N) is 2. The summed E-state index contributed by atoms with van der Waals surface area (Å²) >= 11 is 0. The first kappa shape index (κ1) is 8.70. The highest BCUT2D eigenvalue weighted by Crippen LogP contribution is 2.14. The molecule has 0 aliphatic heterocycles. The lowest BCUT2D eigenvalue weighted by Gasteiger charge is -2.05. The Balaban J connectivity index is 2.64. The first-order valence-electron chi connectivity index (χ1n) is 3.57. The van der Waals surface area contributed by atoms with Gasteiger partial charge in [0.2, 0.25) is 5.89 Å². The Hall–Kier alpha value is -1.39. The number of aromatic nitrogens is 2. The Morgan fingerprint density at radius 3 is 2.67 bits per heavy atom. The number of esters is 1. The molecule has 0 bridgehead atoms. The lowest BCUT2D eigenvalue weighted by atomic mass is 10.4. The molecule has 0 saturated carbocycles. The van der Waals surface area contributed by atoms with Crippen LogP contribution < -0.4 is 0 Å². The molecule has 66 valence electrons. The molecule has 0 aliphatic rings. The fourth-order valence-corrected chi connectivity index (χ4v) is 0.775. The predicted octanol–water partition coefficient (Wildman–Crippen LogP) is 1.00. The zero-order valence-corrected chi connectivity index (χ0v) is 7.20. The third-order valence-corrected chi connectivity index (χ3v) is 1.23. The minimum atomic E-state index is -0.469. The van der Waals surface area contributed by atoms with E-state index in [1.807, 2.05) is 0 Å². The number of aryl methyl sites for hydroxylation is 1. The number of ether oxygens (including phenoxy) is 1.